The third-order valence-electron chi connectivity index (χ3n) is 1.25. The molecule has 0 aromatic rings. The largest absolute Gasteiger partial charge is 0.207 e. The second-order valence-corrected chi connectivity index (χ2v) is 1.98. The van der Waals surface area contributed by atoms with Crippen molar-refractivity contribution in [1.82, 2.24) is 0 Å². The molecule has 0 N–H and O–H groups in total. The van der Waals surface area contributed by atoms with Gasteiger partial charge in [0.15, 0.2) is 0 Å². The average Bonchev–Trinajstić information content (AvgIpc) is 1.87. The Morgan fingerprint density at radius 2 is 2.11 bits per heavy atom. The molecule has 0 saturated heterocycles. The Hall–Kier alpha value is -0.590. The van der Waals surface area contributed by atoms with Crippen LogP contribution in [0.25, 0.3) is 0 Å². The van der Waals surface area contributed by atoms with Crippen LogP contribution in [0.3, 0.4) is 0 Å². The first-order valence-electron chi connectivity index (χ1n) is 3.20. The minimum atomic E-state index is -0.0972. The van der Waals surface area contributed by atoms with Crippen LogP contribution in [0.2, 0.25) is 0 Å². The Balaban J connectivity index is 4.10. The Morgan fingerprint density at radius 1 is 1.56 bits per heavy atom. The molecule has 0 aromatic heterocycles. The lowest BCUT2D eigenvalue weighted by Gasteiger charge is -1.92. The molecule has 0 unspecified atom stereocenters. The smallest absolute Gasteiger partial charge is 0.121 e. The molecule has 52 valence electrons. The summed E-state index contributed by atoms with van der Waals surface area (Å²) in [6, 6.07) is 0. The first-order chi connectivity index (χ1) is 4.22. The van der Waals surface area contributed by atoms with Gasteiger partial charge in [0.25, 0.3) is 0 Å². The van der Waals surface area contributed by atoms with E-state index in [1.54, 1.807) is 13.0 Å². The fourth-order valence-electron chi connectivity index (χ4n) is 0.457. The number of rotatable bonds is 2. The predicted molar refractivity (Wildman–Crippen MR) is 38.9 cm³/mol. The van der Waals surface area contributed by atoms with Crippen molar-refractivity contribution in [2.75, 3.05) is 0 Å². The summed E-state index contributed by atoms with van der Waals surface area (Å²) in [4.78, 5) is 0. The van der Waals surface area contributed by atoms with Gasteiger partial charge in [0.1, 0.15) is 5.83 Å². The molecule has 0 amide bonds. The highest BCUT2D eigenvalue weighted by Crippen LogP contribution is 2.09. The summed E-state index contributed by atoms with van der Waals surface area (Å²) in [5.74, 6) is -0.0972. The fourth-order valence-corrected chi connectivity index (χ4v) is 0.457. The Kier molecular flexibility index (Phi) is 4.02. The zero-order chi connectivity index (χ0) is 7.28. The predicted octanol–water partition coefficient (Wildman–Crippen LogP) is 3.22. The van der Waals surface area contributed by atoms with E-state index in [1.165, 1.54) is 6.08 Å². The summed E-state index contributed by atoms with van der Waals surface area (Å²) in [6.07, 6.45) is 3.98. The van der Waals surface area contributed by atoms with Gasteiger partial charge >= 0.3 is 0 Å². The highest BCUT2D eigenvalue weighted by Gasteiger charge is 1.91. The third-order valence-corrected chi connectivity index (χ3v) is 1.25. The summed E-state index contributed by atoms with van der Waals surface area (Å²) < 4.78 is 12.6. The van der Waals surface area contributed by atoms with E-state index in [4.69, 9.17) is 0 Å². The van der Waals surface area contributed by atoms with Crippen LogP contribution < -0.4 is 0 Å². The molecule has 0 aliphatic rings. The van der Waals surface area contributed by atoms with Crippen molar-refractivity contribution in [3.63, 3.8) is 0 Å². The van der Waals surface area contributed by atoms with Crippen LogP contribution in [0.15, 0.2) is 23.6 Å². The second-order valence-electron chi connectivity index (χ2n) is 1.98. The van der Waals surface area contributed by atoms with Gasteiger partial charge in [-0.3, -0.25) is 0 Å². The van der Waals surface area contributed by atoms with Crippen molar-refractivity contribution >= 4 is 0 Å². The van der Waals surface area contributed by atoms with Gasteiger partial charge in [-0.25, -0.2) is 4.39 Å². The average molecular weight is 128 g/mol. The Bertz CT molecular complexity index is 132. The fraction of sp³-hybridized carbons (Fsp3) is 0.500. The van der Waals surface area contributed by atoms with Crippen LogP contribution in [-0.2, 0) is 0 Å². The van der Waals surface area contributed by atoms with Crippen molar-refractivity contribution in [3.8, 4) is 0 Å². The van der Waals surface area contributed by atoms with Gasteiger partial charge in [-0.2, -0.15) is 0 Å². The van der Waals surface area contributed by atoms with Crippen molar-refractivity contribution in [2.45, 2.75) is 27.2 Å². The van der Waals surface area contributed by atoms with Crippen molar-refractivity contribution in [3.05, 3.63) is 23.6 Å². The molecule has 0 fully saturated rings. The van der Waals surface area contributed by atoms with Crippen LogP contribution in [0.4, 0.5) is 4.39 Å². The quantitative estimate of drug-likeness (QED) is 0.501. The molecule has 0 nitrogen and oxygen atoms in total. The molecular formula is C8H13F. The molecule has 0 rings (SSSR count). The Labute approximate surface area is 56.1 Å². The number of hydrogen-bond acceptors (Lipinski definition) is 0. The minimum Gasteiger partial charge on any atom is -0.207 e. The summed E-state index contributed by atoms with van der Waals surface area (Å²) in [5, 5.41) is 0. The lowest BCUT2D eigenvalue weighted by Crippen LogP contribution is -1.74. The molecule has 0 heterocycles. The molecule has 0 aliphatic carbocycles. The maximum absolute atomic E-state index is 12.6. The molecule has 1 heteroatoms. The summed E-state index contributed by atoms with van der Waals surface area (Å²) in [5.41, 5.74) is 0.813. The molecule has 0 aromatic carbocycles. The first kappa shape index (κ1) is 8.41. The molecule has 0 bridgehead atoms. The van der Waals surface area contributed by atoms with Gasteiger partial charge in [-0.15, -0.1) is 0 Å². The number of halogens is 1. The monoisotopic (exact) mass is 128 g/mol. The molecule has 0 spiro atoms. The lowest BCUT2D eigenvalue weighted by molar-refractivity contribution is 0.648. The summed E-state index contributed by atoms with van der Waals surface area (Å²) >= 11 is 0. The Morgan fingerprint density at radius 3 is 2.44 bits per heavy atom. The normalized spacial score (nSPS) is 14.2. The molecule has 0 aliphatic heterocycles. The van der Waals surface area contributed by atoms with Crippen LogP contribution in [0, 0.1) is 0 Å². The van der Waals surface area contributed by atoms with Crippen LogP contribution in [0.5, 0.6) is 0 Å². The highest BCUT2D eigenvalue weighted by atomic mass is 19.1. The van der Waals surface area contributed by atoms with Crippen molar-refractivity contribution in [2.24, 2.45) is 0 Å². The molecule has 9 heavy (non-hydrogen) atoms. The van der Waals surface area contributed by atoms with Gasteiger partial charge in [0, 0.05) is 0 Å². The molecular weight excluding hydrogens is 115 g/mol. The number of allylic oxidation sites excluding steroid dienone is 4. The topological polar surface area (TPSA) is 0 Å². The first-order valence-corrected chi connectivity index (χ1v) is 3.20. The van der Waals surface area contributed by atoms with E-state index < -0.39 is 0 Å². The van der Waals surface area contributed by atoms with E-state index in [2.05, 4.69) is 0 Å². The van der Waals surface area contributed by atoms with E-state index >= 15 is 0 Å². The van der Waals surface area contributed by atoms with E-state index in [0.717, 1.165) is 12.0 Å². The van der Waals surface area contributed by atoms with Crippen molar-refractivity contribution in [1.29, 1.82) is 0 Å². The van der Waals surface area contributed by atoms with Gasteiger partial charge in [-0.05, 0) is 31.9 Å². The zero-order valence-electron chi connectivity index (χ0n) is 6.24. The van der Waals surface area contributed by atoms with E-state index in [-0.39, 0.29) is 5.83 Å². The van der Waals surface area contributed by atoms with Gasteiger partial charge in [0.2, 0.25) is 0 Å². The summed E-state index contributed by atoms with van der Waals surface area (Å²) in [6.45, 7) is 5.55. The van der Waals surface area contributed by atoms with Gasteiger partial charge in [0.05, 0.1) is 0 Å². The lowest BCUT2D eigenvalue weighted by atomic mass is 10.2. The SMILES string of the molecule is CC=CC(F)=C(C)CC. The minimum absolute atomic E-state index is 0.0972. The maximum atomic E-state index is 12.6. The van der Waals surface area contributed by atoms with Gasteiger partial charge in [-0.1, -0.05) is 13.0 Å². The molecule has 0 saturated carbocycles. The molecule has 0 atom stereocenters. The van der Waals surface area contributed by atoms with Gasteiger partial charge < -0.3 is 0 Å². The standard InChI is InChI=1S/C8H13F/c1-4-6-8(9)7(3)5-2/h4,6H,5H2,1-3H3. The third kappa shape index (κ3) is 3.07. The van der Waals surface area contributed by atoms with E-state index in [0.29, 0.717) is 0 Å². The zero-order valence-corrected chi connectivity index (χ0v) is 6.24. The van der Waals surface area contributed by atoms with Crippen LogP contribution in [-0.4, -0.2) is 0 Å². The maximum Gasteiger partial charge on any atom is 0.121 e. The van der Waals surface area contributed by atoms with Crippen LogP contribution in [0.1, 0.15) is 27.2 Å². The van der Waals surface area contributed by atoms with Crippen molar-refractivity contribution < 1.29 is 4.39 Å². The van der Waals surface area contributed by atoms with Crippen LogP contribution >= 0.6 is 0 Å². The summed E-state index contributed by atoms with van der Waals surface area (Å²) in [7, 11) is 0. The number of hydrogen-bond donors (Lipinski definition) is 0. The van der Waals surface area contributed by atoms with E-state index in [1.807, 2.05) is 13.8 Å². The second kappa shape index (κ2) is 4.30. The highest BCUT2D eigenvalue weighted by molar-refractivity contribution is 5.16. The molecule has 0 radical (unpaired) electrons. The van der Waals surface area contributed by atoms with E-state index in [9.17, 15) is 4.39 Å².